The predicted octanol–water partition coefficient (Wildman–Crippen LogP) is 0.712. The number of nitro groups is 1. The van der Waals surface area contributed by atoms with Gasteiger partial charge in [0.15, 0.2) is 0 Å². The van der Waals surface area contributed by atoms with Crippen LogP contribution in [0.2, 0.25) is 0 Å². The number of aromatic nitrogens is 2. The minimum Gasteiger partial charge on any atom is -0.395 e. The molecule has 1 aromatic rings. The molecule has 1 N–H and O–H groups in total. The van der Waals surface area contributed by atoms with Gasteiger partial charge in [0, 0.05) is 25.2 Å². The summed E-state index contributed by atoms with van der Waals surface area (Å²) in [5, 5.41) is 24.1. The van der Waals surface area contributed by atoms with Crippen molar-refractivity contribution in [1.82, 2.24) is 19.6 Å². The number of aliphatic hydroxyl groups is 1. The molecule has 8 heteroatoms. The van der Waals surface area contributed by atoms with Gasteiger partial charge in [-0.2, -0.15) is 4.68 Å². The first kappa shape index (κ1) is 16.4. The van der Waals surface area contributed by atoms with Crippen molar-refractivity contribution in [2.45, 2.75) is 44.3 Å². The number of aliphatic hydroxyl groups excluding tert-OH is 1. The van der Waals surface area contributed by atoms with Crippen molar-refractivity contribution < 1.29 is 10.0 Å². The molecule has 0 amide bonds. The third-order valence-electron chi connectivity index (χ3n) is 5.08. The molecule has 2 atom stereocenters. The summed E-state index contributed by atoms with van der Waals surface area (Å²) in [4.78, 5) is 15.1. The summed E-state index contributed by atoms with van der Waals surface area (Å²) in [7, 11) is 0. The third-order valence-corrected chi connectivity index (χ3v) is 5.08. The van der Waals surface area contributed by atoms with Gasteiger partial charge in [0.2, 0.25) is 0 Å². The number of rotatable bonds is 7. The maximum Gasteiger partial charge on any atom is 0.389 e. The monoisotopic (exact) mass is 323 g/mol. The predicted molar refractivity (Wildman–Crippen MR) is 85.2 cm³/mol. The Morgan fingerprint density at radius 1 is 1.22 bits per heavy atom. The molecule has 3 heterocycles. The van der Waals surface area contributed by atoms with Gasteiger partial charge in [-0.1, -0.05) is 0 Å². The van der Waals surface area contributed by atoms with E-state index in [-0.39, 0.29) is 12.4 Å². The van der Waals surface area contributed by atoms with E-state index in [1.54, 1.807) is 10.9 Å². The van der Waals surface area contributed by atoms with Crippen LogP contribution in [0.1, 0.15) is 25.7 Å². The Hall–Kier alpha value is -1.51. The minimum atomic E-state index is -0.461. The highest BCUT2D eigenvalue weighted by Gasteiger charge is 2.31. The Morgan fingerprint density at radius 2 is 1.96 bits per heavy atom. The standard InChI is InChI=1S/C15H25N5O3/c21-12-14-4-2-7-18(14)11-13-3-1-6-17(13)9-10-19-8-5-15(16-19)20(22)23/h5,8,13-14,21H,1-4,6-7,9-12H2. The average Bonchev–Trinajstić information content (AvgIpc) is 3.26. The van der Waals surface area contributed by atoms with Crippen molar-refractivity contribution in [2.24, 2.45) is 0 Å². The molecular formula is C15H25N5O3. The summed E-state index contributed by atoms with van der Waals surface area (Å²) in [6.07, 6.45) is 6.33. The molecule has 23 heavy (non-hydrogen) atoms. The lowest BCUT2D eigenvalue weighted by molar-refractivity contribution is -0.389. The van der Waals surface area contributed by atoms with E-state index in [9.17, 15) is 15.2 Å². The first-order chi connectivity index (χ1) is 11.2. The molecule has 0 radical (unpaired) electrons. The fourth-order valence-corrected chi connectivity index (χ4v) is 3.81. The Balaban J connectivity index is 1.51. The first-order valence-corrected chi connectivity index (χ1v) is 8.44. The molecule has 0 spiro atoms. The van der Waals surface area contributed by atoms with Gasteiger partial charge < -0.3 is 15.2 Å². The molecular weight excluding hydrogens is 298 g/mol. The molecule has 0 saturated carbocycles. The molecule has 0 bridgehead atoms. The van der Waals surface area contributed by atoms with E-state index in [0.29, 0.717) is 18.6 Å². The molecule has 2 aliphatic heterocycles. The highest BCUT2D eigenvalue weighted by molar-refractivity contribution is 5.13. The molecule has 0 aliphatic carbocycles. The summed E-state index contributed by atoms with van der Waals surface area (Å²) in [5.41, 5.74) is 0. The molecule has 128 valence electrons. The zero-order valence-corrected chi connectivity index (χ0v) is 13.4. The lowest BCUT2D eigenvalue weighted by Crippen LogP contribution is -2.44. The zero-order chi connectivity index (χ0) is 16.2. The van der Waals surface area contributed by atoms with Crippen LogP contribution in [0.4, 0.5) is 5.82 Å². The van der Waals surface area contributed by atoms with E-state index in [2.05, 4.69) is 14.9 Å². The second-order valence-corrected chi connectivity index (χ2v) is 6.50. The van der Waals surface area contributed by atoms with E-state index >= 15 is 0 Å². The molecule has 1 aromatic heterocycles. The van der Waals surface area contributed by atoms with E-state index in [0.717, 1.165) is 32.6 Å². The average molecular weight is 323 g/mol. The summed E-state index contributed by atoms with van der Waals surface area (Å²) in [6, 6.07) is 2.29. The lowest BCUT2D eigenvalue weighted by atomic mass is 10.2. The van der Waals surface area contributed by atoms with Gasteiger partial charge in [0.05, 0.1) is 30.5 Å². The maximum absolute atomic E-state index is 10.7. The lowest BCUT2D eigenvalue weighted by Gasteiger charge is -2.31. The van der Waals surface area contributed by atoms with Gasteiger partial charge in [-0.15, -0.1) is 0 Å². The first-order valence-electron chi connectivity index (χ1n) is 8.44. The van der Waals surface area contributed by atoms with Crippen LogP contribution < -0.4 is 0 Å². The van der Waals surface area contributed by atoms with E-state index < -0.39 is 4.92 Å². The molecule has 0 aromatic carbocycles. The van der Waals surface area contributed by atoms with E-state index in [4.69, 9.17) is 0 Å². The van der Waals surface area contributed by atoms with Crippen LogP contribution in [0.15, 0.2) is 12.3 Å². The van der Waals surface area contributed by atoms with Crippen LogP contribution >= 0.6 is 0 Å². The van der Waals surface area contributed by atoms with Crippen LogP contribution in [0, 0.1) is 10.1 Å². The molecule has 2 saturated heterocycles. The smallest absolute Gasteiger partial charge is 0.389 e. The van der Waals surface area contributed by atoms with Crippen LogP contribution in [-0.4, -0.2) is 74.5 Å². The molecule has 2 fully saturated rings. The number of hydrogen-bond acceptors (Lipinski definition) is 6. The van der Waals surface area contributed by atoms with Crippen LogP contribution in [0.3, 0.4) is 0 Å². The summed E-state index contributed by atoms with van der Waals surface area (Å²) in [6.45, 7) is 4.97. The SMILES string of the molecule is O=[N+]([O-])c1ccn(CCN2CCCC2CN2CCCC2CO)n1. The molecule has 2 unspecified atom stereocenters. The van der Waals surface area contributed by atoms with Crippen molar-refractivity contribution in [3.8, 4) is 0 Å². The quantitative estimate of drug-likeness (QED) is 0.587. The highest BCUT2D eigenvalue weighted by Crippen LogP contribution is 2.23. The molecule has 3 rings (SSSR count). The van der Waals surface area contributed by atoms with Gasteiger partial charge in [-0.25, -0.2) is 0 Å². The van der Waals surface area contributed by atoms with Crippen LogP contribution in [0.25, 0.3) is 0 Å². The second-order valence-electron chi connectivity index (χ2n) is 6.50. The van der Waals surface area contributed by atoms with Crippen molar-refractivity contribution in [3.05, 3.63) is 22.4 Å². The van der Waals surface area contributed by atoms with E-state index in [1.165, 1.54) is 25.3 Å². The summed E-state index contributed by atoms with van der Waals surface area (Å²) >= 11 is 0. The minimum absolute atomic E-state index is 0.0918. The number of hydrogen-bond donors (Lipinski definition) is 1. The van der Waals surface area contributed by atoms with Crippen LogP contribution in [0.5, 0.6) is 0 Å². The van der Waals surface area contributed by atoms with Gasteiger partial charge >= 0.3 is 5.82 Å². The highest BCUT2D eigenvalue weighted by atomic mass is 16.6. The largest absolute Gasteiger partial charge is 0.395 e. The molecule has 8 nitrogen and oxygen atoms in total. The number of likely N-dealkylation sites (tertiary alicyclic amines) is 2. The Labute approximate surface area is 135 Å². The molecule has 2 aliphatic rings. The Morgan fingerprint density at radius 3 is 2.65 bits per heavy atom. The van der Waals surface area contributed by atoms with Crippen molar-refractivity contribution in [3.63, 3.8) is 0 Å². The summed E-state index contributed by atoms with van der Waals surface area (Å²) < 4.78 is 1.65. The van der Waals surface area contributed by atoms with Crippen molar-refractivity contribution >= 4 is 5.82 Å². The number of nitrogens with zero attached hydrogens (tertiary/aromatic N) is 5. The maximum atomic E-state index is 10.7. The van der Waals surface area contributed by atoms with E-state index in [1.807, 2.05) is 0 Å². The van der Waals surface area contributed by atoms with Gasteiger partial charge in [0.25, 0.3) is 0 Å². The van der Waals surface area contributed by atoms with Crippen molar-refractivity contribution in [2.75, 3.05) is 32.8 Å². The van der Waals surface area contributed by atoms with Crippen LogP contribution in [-0.2, 0) is 6.54 Å². The Bertz CT molecular complexity index is 535. The summed E-state index contributed by atoms with van der Waals surface area (Å²) in [5.74, 6) is -0.0918. The fraction of sp³-hybridized carbons (Fsp3) is 0.800. The van der Waals surface area contributed by atoms with Crippen molar-refractivity contribution in [1.29, 1.82) is 0 Å². The normalized spacial score (nSPS) is 26.1. The zero-order valence-electron chi connectivity index (χ0n) is 13.4. The second kappa shape index (κ2) is 7.37. The fourth-order valence-electron chi connectivity index (χ4n) is 3.81. The third kappa shape index (κ3) is 3.88. The van der Waals surface area contributed by atoms with Gasteiger partial charge in [-0.3, -0.25) is 9.80 Å². The Kier molecular flexibility index (Phi) is 5.24. The topological polar surface area (TPSA) is 87.7 Å². The van der Waals surface area contributed by atoms with Gasteiger partial charge in [-0.05, 0) is 43.7 Å². The van der Waals surface area contributed by atoms with Gasteiger partial charge in [0.1, 0.15) is 0 Å².